The quantitative estimate of drug-likeness (QED) is 0.798. The molecule has 1 fully saturated rings. The number of hydrogen-bond acceptors (Lipinski definition) is 4. The molecule has 0 aromatic heterocycles. The van der Waals surface area contributed by atoms with Crippen molar-refractivity contribution in [3.05, 3.63) is 24.3 Å². The van der Waals surface area contributed by atoms with Gasteiger partial charge in [-0.15, -0.1) is 0 Å². The van der Waals surface area contributed by atoms with Gasteiger partial charge in [0.2, 0.25) is 5.91 Å². The van der Waals surface area contributed by atoms with Gasteiger partial charge in [0.25, 0.3) is 5.91 Å². The molecule has 1 saturated carbocycles. The summed E-state index contributed by atoms with van der Waals surface area (Å²) >= 11 is 0. The lowest BCUT2D eigenvalue weighted by molar-refractivity contribution is -0.127. The Hall–Kier alpha value is -2.24. The number of methoxy groups -OCH3 is 1. The van der Waals surface area contributed by atoms with E-state index in [4.69, 9.17) is 9.47 Å². The lowest BCUT2D eigenvalue weighted by Gasteiger charge is -2.29. The number of hydrogen-bond donors (Lipinski definition) is 2. The van der Waals surface area contributed by atoms with Gasteiger partial charge in [-0.1, -0.05) is 19.8 Å². The molecule has 0 aliphatic heterocycles. The Bertz CT molecular complexity index is 544. The molecule has 2 N–H and O–H groups in total. The van der Waals surface area contributed by atoms with Gasteiger partial charge in [0.1, 0.15) is 11.5 Å². The molecule has 2 amide bonds. The highest BCUT2D eigenvalue weighted by molar-refractivity contribution is 5.85. The Morgan fingerprint density at radius 2 is 1.75 bits per heavy atom. The molecule has 1 aliphatic carbocycles. The maximum atomic E-state index is 11.9. The van der Waals surface area contributed by atoms with Gasteiger partial charge in [-0.05, 0) is 43.0 Å². The van der Waals surface area contributed by atoms with Gasteiger partial charge in [0, 0.05) is 6.04 Å². The van der Waals surface area contributed by atoms with Crippen LogP contribution in [-0.2, 0) is 9.59 Å². The van der Waals surface area contributed by atoms with Crippen molar-refractivity contribution in [1.29, 1.82) is 0 Å². The molecule has 2 unspecified atom stereocenters. The van der Waals surface area contributed by atoms with Crippen LogP contribution in [0.15, 0.2) is 24.3 Å². The van der Waals surface area contributed by atoms with Crippen LogP contribution in [0.4, 0.5) is 0 Å². The van der Waals surface area contributed by atoms with Gasteiger partial charge < -0.3 is 20.1 Å². The summed E-state index contributed by atoms with van der Waals surface area (Å²) in [6, 6.07) is 7.18. The lowest BCUT2D eigenvalue weighted by Crippen LogP contribution is -2.46. The number of carbonyl (C=O) groups is 2. The van der Waals surface area contributed by atoms with Gasteiger partial charge >= 0.3 is 0 Å². The molecule has 1 aliphatic rings. The van der Waals surface area contributed by atoms with Crippen LogP contribution in [-0.4, -0.2) is 38.1 Å². The fraction of sp³-hybridized carbons (Fsp3) is 0.556. The van der Waals surface area contributed by atoms with E-state index in [1.54, 1.807) is 31.4 Å². The van der Waals surface area contributed by atoms with Gasteiger partial charge in [-0.2, -0.15) is 0 Å². The third-order valence-corrected chi connectivity index (χ3v) is 4.33. The molecule has 2 atom stereocenters. The summed E-state index contributed by atoms with van der Waals surface area (Å²) in [7, 11) is 1.59. The minimum Gasteiger partial charge on any atom is -0.497 e. The monoisotopic (exact) mass is 334 g/mol. The van der Waals surface area contributed by atoms with Crippen LogP contribution in [0.3, 0.4) is 0 Å². The SMILES string of the molecule is COc1ccc(OCC(=O)NCC(=O)NC2CCCCC2C)cc1. The van der Waals surface area contributed by atoms with Crippen LogP contribution in [0.1, 0.15) is 32.6 Å². The first-order valence-corrected chi connectivity index (χ1v) is 8.41. The van der Waals surface area contributed by atoms with E-state index in [0.717, 1.165) is 25.0 Å². The predicted octanol–water partition coefficient (Wildman–Crippen LogP) is 1.89. The molecule has 24 heavy (non-hydrogen) atoms. The molecule has 0 radical (unpaired) electrons. The van der Waals surface area contributed by atoms with E-state index >= 15 is 0 Å². The molecular weight excluding hydrogens is 308 g/mol. The Kier molecular flexibility index (Phi) is 6.90. The molecule has 1 aromatic carbocycles. The number of nitrogens with one attached hydrogen (secondary N) is 2. The Balaban J connectivity index is 1.65. The first kappa shape index (κ1) is 18.1. The van der Waals surface area contributed by atoms with Crippen molar-refractivity contribution in [3.8, 4) is 11.5 Å². The van der Waals surface area contributed by atoms with Crippen molar-refractivity contribution in [3.63, 3.8) is 0 Å². The predicted molar refractivity (Wildman–Crippen MR) is 91.1 cm³/mol. The number of rotatable bonds is 7. The highest BCUT2D eigenvalue weighted by Crippen LogP contribution is 2.23. The second kappa shape index (κ2) is 9.15. The molecule has 2 rings (SSSR count). The average molecular weight is 334 g/mol. The molecule has 6 heteroatoms. The summed E-state index contributed by atoms with van der Waals surface area (Å²) in [5.74, 6) is 1.33. The molecule has 132 valence electrons. The number of benzene rings is 1. The normalized spacial score (nSPS) is 20.1. The van der Waals surface area contributed by atoms with Crippen LogP contribution in [0.2, 0.25) is 0 Å². The summed E-state index contributed by atoms with van der Waals surface area (Å²) in [6.07, 6.45) is 4.54. The van der Waals surface area contributed by atoms with Crippen LogP contribution >= 0.6 is 0 Å². The summed E-state index contributed by atoms with van der Waals surface area (Å²) in [4.78, 5) is 23.7. The maximum absolute atomic E-state index is 11.9. The average Bonchev–Trinajstić information content (AvgIpc) is 2.60. The van der Waals surface area contributed by atoms with Gasteiger partial charge in [-0.3, -0.25) is 9.59 Å². The number of carbonyl (C=O) groups excluding carboxylic acids is 2. The van der Waals surface area contributed by atoms with E-state index in [0.29, 0.717) is 11.7 Å². The first-order chi connectivity index (χ1) is 11.6. The second-order valence-electron chi connectivity index (χ2n) is 6.18. The van der Waals surface area contributed by atoms with Crippen molar-refractivity contribution in [1.82, 2.24) is 10.6 Å². The van der Waals surface area contributed by atoms with Crippen molar-refractivity contribution in [2.75, 3.05) is 20.3 Å². The van der Waals surface area contributed by atoms with E-state index in [2.05, 4.69) is 17.6 Å². The van der Waals surface area contributed by atoms with E-state index in [9.17, 15) is 9.59 Å². The van der Waals surface area contributed by atoms with Crippen molar-refractivity contribution < 1.29 is 19.1 Å². The molecule has 0 heterocycles. The Morgan fingerprint density at radius 1 is 1.08 bits per heavy atom. The summed E-state index contributed by atoms with van der Waals surface area (Å²) in [5.41, 5.74) is 0. The molecular formula is C18H26N2O4. The van der Waals surface area contributed by atoms with Crippen molar-refractivity contribution in [2.24, 2.45) is 5.92 Å². The Labute approximate surface area is 142 Å². The number of ether oxygens (including phenoxy) is 2. The minimum atomic E-state index is -0.322. The van der Waals surface area contributed by atoms with E-state index in [1.165, 1.54) is 6.42 Å². The minimum absolute atomic E-state index is 0.0198. The molecule has 0 spiro atoms. The summed E-state index contributed by atoms with van der Waals surface area (Å²) in [5, 5.41) is 5.58. The zero-order valence-corrected chi connectivity index (χ0v) is 14.3. The van der Waals surface area contributed by atoms with Crippen molar-refractivity contribution >= 4 is 11.8 Å². The fourth-order valence-corrected chi connectivity index (χ4v) is 2.84. The molecule has 6 nitrogen and oxygen atoms in total. The second-order valence-corrected chi connectivity index (χ2v) is 6.18. The standard InChI is InChI=1S/C18H26N2O4/c1-13-5-3-4-6-16(13)20-17(21)11-19-18(22)12-24-15-9-7-14(23-2)8-10-15/h7-10,13,16H,3-6,11-12H2,1-2H3,(H,19,22)(H,20,21). The third-order valence-electron chi connectivity index (χ3n) is 4.33. The van der Waals surface area contributed by atoms with E-state index < -0.39 is 0 Å². The summed E-state index contributed by atoms with van der Waals surface area (Å²) in [6.45, 7) is 2.01. The Morgan fingerprint density at radius 3 is 2.42 bits per heavy atom. The molecule has 0 saturated heterocycles. The van der Waals surface area contributed by atoms with Crippen LogP contribution in [0.25, 0.3) is 0 Å². The van der Waals surface area contributed by atoms with E-state index in [1.807, 2.05) is 0 Å². The zero-order chi connectivity index (χ0) is 17.4. The van der Waals surface area contributed by atoms with Gasteiger partial charge in [0.05, 0.1) is 13.7 Å². The van der Waals surface area contributed by atoms with Crippen LogP contribution in [0.5, 0.6) is 11.5 Å². The van der Waals surface area contributed by atoms with Crippen LogP contribution < -0.4 is 20.1 Å². The van der Waals surface area contributed by atoms with Gasteiger partial charge in [-0.25, -0.2) is 0 Å². The molecule has 0 bridgehead atoms. The zero-order valence-electron chi connectivity index (χ0n) is 14.3. The topological polar surface area (TPSA) is 76.7 Å². The maximum Gasteiger partial charge on any atom is 0.258 e. The van der Waals surface area contributed by atoms with Crippen molar-refractivity contribution in [2.45, 2.75) is 38.6 Å². The highest BCUT2D eigenvalue weighted by Gasteiger charge is 2.22. The largest absolute Gasteiger partial charge is 0.497 e. The smallest absolute Gasteiger partial charge is 0.258 e. The fourth-order valence-electron chi connectivity index (χ4n) is 2.84. The van der Waals surface area contributed by atoms with Crippen LogP contribution in [0, 0.1) is 5.92 Å². The first-order valence-electron chi connectivity index (χ1n) is 8.41. The molecule has 1 aromatic rings. The lowest BCUT2D eigenvalue weighted by atomic mass is 9.86. The third kappa shape index (κ3) is 5.76. The summed E-state index contributed by atoms with van der Waals surface area (Å²) < 4.78 is 10.4. The number of amides is 2. The highest BCUT2D eigenvalue weighted by atomic mass is 16.5. The van der Waals surface area contributed by atoms with E-state index in [-0.39, 0.29) is 31.0 Å². The van der Waals surface area contributed by atoms with Gasteiger partial charge in [0.15, 0.2) is 6.61 Å².